The van der Waals surface area contributed by atoms with Crippen molar-refractivity contribution in [1.82, 2.24) is 10.2 Å². The smallest absolute Gasteiger partial charge is 0.264 e. The van der Waals surface area contributed by atoms with Crippen LogP contribution in [0.15, 0.2) is 102 Å². The largest absolute Gasteiger partial charge is 0.355 e. The van der Waals surface area contributed by atoms with E-state index in [1.165, 1.54) is 9.21 Å². The van der Waals surface area contributed by atoms with Crippen LogP contribution in [0.3, 0.4) is 0 Å². The van der Waals surface area contributed by atoms with Crippen molar-refractivity contribution in [1.29, 1.82) is 0 Å². The van der Waals surface area contributed by atoms with Gasteiger partial charge in [0, 0.05) is 19.5 Å². The van der Waals surface area contributed by atoms with E-state index in [0.717, 1.165) is 27.8 Å². The Bertz CT molecular complexity index is 1690. The average molecular weight is 612 g/mol. The van der Waals surface area contributed by atoms with Crippen molar-refractivity contribution in [3.63, 3.8) is 0 Å². The minimum absolute atomic E-state index is 0.0893. The van der Waals surface area contributed by atoms with Gasteiger partial charge in [-0.3, -0.25) is 13.9 Å². The molecular formula is C36H41N3O4S. The molecule has 0 unspecified atom stereocenters. The van der Waals surface area contributed by atoms with Crippen LogP contribution in [-0.2, 0) is 32.6 Å². The summed E-state index contributed by atoms with van der Waals surface area (Å²) < 4.78 is 29.7. The van der Waals surface area contributed by atoms with E-state index in [4.69, 9.17) is 0 Å². The highest BCUT2D eigenvalue weighted by atomic mass is 32.2. The molecule has 0 aromatic heterocycles. The molecule has 44 heavy (non-hydrogen) atoms. The first kappa shape index (κ1) is 32.5. The number of likely N-dealkylation sites (N-methyl/N-ethyl adjacent to an activating group) is 1. The number of carbonyl (C=O) groups excluding carboxylic acids is 2. The summed E-state index contributed by atoms with van der Waals surface area (Å²) in [7, 11) is -4.15. The fourth-order valence-electron chi connectivity index (χ4n) is 5.08. The number of rotatable bonds is 12. The van der Waals surface area contributed by atoms with Gasteiger partial charge >= 0.3 is 0 Å². The second kappa shape index (κ2) is 14.4. The Kier molecular flexibility index (Phi) is 10.6. The molecule has 4 aromatic rings. The minimum atomic E-state index is -4.15. The minimum Gasteiger partial charge on any atom is -0.355 e. The molecule has 0 aliphatic heterocycles. The molecule has 1 N–H and O–H groups in total. The van der Waals surface area contributed by atoms with Crippen molar-refractivity contribution in [2.45, 2.75) is 58.5 Å². The zero-order chi connectivity index (χ0) is 31.9. The second-order valence-corrected chi connectivity index (χ2v) is 13.1. The molecule has 0 bridgehead atoms. The highest BCUT2D eigenvalue weighted by Gasteiger charge is 2.35. The van der Waals surface area contributed by atoms with Gasteiger partial charge in [0.1, 0.15) is 12.6 Å². The van der Waals surface area contributed by atoms with Crippen molar-refractivity contribution in [2.24, 2.45) is 0 Å². The molecule has 7 nitrogen and oxygen atoms in total. The number of carbonyl (C=O) groups is 2. The molecule has 0 radical (unpaired) electrons. The summed E-state index contributed by atoms with van der Waals surface area (Å²) in [6, 6.07) is 28.6. The highest BCUT2D eigenvalue weighted by molar-refractivity contribution is 7.92. The molecule has 8 heteroatoms. The Hall–Kier alpha value is -4.43. The summed E-state index contributed by atoms with van der Waals surface area (Å²) in [5, 5.41) is 2.89. The van der Waals surface area contributed by atoms with Gasteiger partial charge in [-0.05, 0) is 75.1 Å². The van der Waals surface area contributed by atoms with E-state index < -0.39 is 28.5 Å². The normalized spacial score (nSPS) is 11.9. The van der Waals surface area contributed by atoms with Crippen molar-refractivity contribution in [3.8, 4) is 0 Å². The maximum Gasteiger partial charge on any atom is 0.264 e. The molecule has 0 heterocycles. The van der Waals surface area contributed by atoms with Crippen LogP contribution in [0.25, 0.3) is 0 Å². The SMILES string of the molecule is CCNC(=O)[C@@H](Cc1ccccc1)N(Cc1ccc(C)cc1)C(=O)CN(c1cc(C)ccc1C)S(=O)(=O)c1ccc(C)cc1. The first-order valence-corrected chi connectivity index (χ1v) is 16.3. The first-order chi connectivity index (χ1) is 21.0. The number of hydrogen-bond donors (Lipinski definition) is 1. The Morgan fingerprint density at radius 3 is 1.95 bits per heavy atom. The number of benzene rings is 4. The third-order valence-corrected chi connectivity index (χ3v) is 9.39. The summed E-state index contributed by atoms with van der Waals surface area (Å²) >= 11 is 0. The van der Waals surface area contributed by atoms with Crippen LogP contribution in [0, 0.1) is 27.7 Å². The van der Waals surface area contributed by atoms with Gasteiger partial charge in [0.15, 0.2) is 0 Å². The fourth-order valence-corrected chi connectivity index (χ4v) is 6.55. The van der Waals surface area contributed by atoms with Crippen LogP contribution in [0.2, 0.25) is 0 Å². The summed E-state index contributed by atoms with van der Waals surface area (Å²) in [5.74, 6) is -0.772. The van der Waals surface area contributed by atoms with E-state index in [1.807, 2.05) is 101 Å². The summed E-state index contributed by atoms with van der Waals surface area (Å²) in [6.45, 7) is 9.48. The molecule has 0 aliphatic rings. The van der Waals surface area contributed by atoms with E-state index in [1.54, 1.807) is 30.3 Å². The van der Waals surface area contributed by atoms with Crippen LogP contribution in [0.1, 0.15) is 40.3 Å². The lowest BCUT2D eigenvalue weighted by Gasteiger charge is -2.34. The number of hydrogen-bond acceptors (Lipinski definition) is 4. The van der Waals surface area contributed by atoms with Crippen molar-refractivity contribution >= 4 is 27.5 Å². The summed E-state index contributed by atoms with van der Waals surface area (Å²) in [5.41, 5.74) is 5.73. The molecule has 230 valence electrons. The number of aryl methyl sites for hydroxylation is 4. The zero-order valence-electron chi connectivity index (χ0n) is 26.1. The first-order valence-electron chi connectivity index (χ1n) is 14.8. The number of amides is 2. The molecule has 4 aromatic carbocycles. The van der Waals surface area contributed by atoms with Crippen molar-refractivity contribution < 1.29 is 18.0 Å². The van der Waals surface area contributed by atoms with Crippen LogP contribution in [0.4, 0.5) is 5.69 Å². The molecule has 0 fully saturated rings. The monoisotopic (exact) mass is 611 g/mol. The molecule has 0 aliphatic carbocycles. The van der Waals surface area contributed by atoms with Gasteiger partial charge in [0.25, 0.3) is 10.0 Å². The van der Waals surface area contributed by atoms with E-state index in [0.29, 0.717) is 17.8 Å². The highest BCUT2D eigenvalue weighted by Crippen LogP contribution is 2.29. The predicted octanol–water partition coefficient (Wildman–Crippen LogP) is 5.89. The number of nitrogens with zero attached hydrogens (tertiary/aromatic N) is 2. The van der Waals surface area contributed by atoms with Crippen LogP contribution in [0.5, 0.6) is 0 Å². The number of nitrogens with one attached hydrogen (secondary N) is 1. The van der Waals surface area contributed by atoms with Crippen LogP contribution >= 0.6 is 0 Å². The Morgan fingerprint density at radius 2 is 1.34 bits per heavy atom. The van der Waals surface area contributed by atoms with Gasteiger partial charge in [0.2, 0.25) is 11.8 Å². The standard InChI is InChI=1S/C36H41N3O4S/c1-6-37-36(41)34(23-30-10-8-7-9-11-30)38(24-31-18-13-26(2)14-19-31)35(40)25-39(33-22-28(4)12-17-29(33)5)44(42,43)32-20-15-27(3)16-21-32/h7-22,34H,6,23-25H2,1-5H3,(H,37,41)/t34-/m1/s1. The fraction of sp³-hybridized carbons (Fsp3) is 0.278. The molecule has 4 rings (SSSR count). The van der Waals surface area contributed by atoms with E-state index in [9.17, 15) is 18.0 Å². The van der Waals surface area contributed by atoms with Gasteiger partial charge in [-0.2, -0.15) is 0 Å². The third-order valence-electron chi connectivity index (χ3n) is 7.62. The van der Waals surface area contributed by atoms with Crippen LogP contribution < -0.4 is 9.62 Å². The van der Waals surface area contributed by atoms with Gasteiger partial charge in [-0.1, -0.05) is 90.0 Å². The van der Waals surface area contributed by atoms with Crippen LogP contribution in [-0.4, -0.2) is 44.3 Å². The number of sulfonamides is 1. The molecule has 0 spiro atoms. The Morgan fingerprint density at radius 1 is 0.750 bits per heavy atom. The average Bonchev–Trinajstić information content (AvgIpc) is 3.00. The molecule has 1 atom stereocenters. The third kappa shape index (κ3) is 7.94. The summed E-state index contributed by atoms with van der Waals surface area (Å²) in [4.78, 5) is 29.7. The van der Waals surface area contributed by atoms with Crippen molar-refractivity contribution in [2.75, 3.05) is 17.4 Å². The lowest BCUT2D eigenvalue weighted by atomic mass is 10.0. The van der Waals surface area contributed by atoms with Gasteiger partial charge in [-0.25, -0.2) is 8.42 Å². The maximum absolute atomic E-state index is 14.5. The number of anilines is 1. The lowest BCUT2D eigenvalue weighted by molar-refractivity contribution is -0.140. The van der Waals surface area contributed by atoms with E-state index in [2.05, 4.69) is 5.32 Å². The molecule has 0 saturated heterocycles. The zero-order valence-corrected chi connectivity index (χ0v) is 26.9. The van der Waals surface area contributed by atoms with Crippen molar-refractivity contribution in [3.05, 3.63) is 130 Å². The quantitative estimate of drug-likeness (QED) is 0.216. The maximum atomic E-state index is 14.5. The predicted molar refractivity (Wildman–Crippen MR) is 176 cm³/mol. The molecule has 0 saturated carbocycles. The summed E-state index contributed by atoms with van der Waals surface area (Å²) in [6.07, 6.45) is 0.276. The van der Waals surface area contributed by atoms with Gasteiger partial charge < -0.3 is 10.2 Å². The lowest BCUT2D eigenvalue weighted by Crippen LogP contribution is -2.53. The van der Waals surface area contributed by atoms with Gasteiger partial charge in [-0.15, -0.1) is 0 Å². The Balaban J connectivity index is 1.82. The van der Waals surface area contributed by atoms with Gasteiger partial charge in [0.05, 0.1) is 10.6 Å². The molecule has 2 amide bonds. The second-order valence-electron chi connectivity index (χ2n) is 11.2. The Labute approximate surface area is 261 Å². The molecular weight excluding hydrogens is 570 g/mol. The van der Waals surface area contributed by atoms with E-state index >= 15 is 0 Å². The van der Waals surface area contributed by atoms with E-state index in [-0.39, 0.29) is 23.8 Å². The topological polar surface area (TPSA) is 86.8 Å².